The van der Waals surface area contributed by atoms with Crippen LogP contribution in [0.2, 0.25) is 0 Å². The summed E-state index contributed by atoms with van der Waals surface area (Å²) in [5.41, 5.74) is 0.727. The number of nitro groups is 1. The summed E-state index contributed by atoms with van der Waals surface area (Å²) in [7, 11) is 0. The second-order valence-corrected chi connectivity index (χ2v) is 9.55. The lowest BCUT2D eigenvalue weighted by Crippen LogP contribution is -2.47. The van der Waals surface area contributed by atoms with E-state index in [0.717, 1.165) is 36.5 Å². The highest BCUT2D eigenvalue weighted by atomic mass is 19.2. The third-order valence-electron chi connectivity index (χ3n) is 7.15. The highest BCUT2D eigenvalue weighted by molar-refractivity contribution is 6.05. The fourth-order valence-corrected chi connectivity index (χ4v) is 5.05. The second-order valence-electron chi connectivity index (χ2n) is 9.55. The maximum Gasteiger partial charge on any atom is 0.293 e. The van der Waals surface area contributed by atoms with Crippen molar-refractivity contribution in [3.05, 3.63) is 87.2 Å². The number of nitrogens with one attached hydrogen (secondary N) is 1. The molecular formula is C27H24F5N5O3. The zero-order valence-corrected chi connectivity index (χ0v) is 21.1. The van der Waals surface area contributed by atoms with Gasteiger partial charge in [0.25, 0.3) is 11.6 Å². The summed E-state index contributed by atoms with van der Waals surface area (Å²) >= 11 is 0. The van der Waals surface area contributed by atoms with Crippen LogP contribution in [0, 0.1) is 39.2 Å². The average molecular weight is 562 g/mol. The van der Waals surface area contributed by atoms with E-state index in [4.69, 9.17) is 0 Å². The lowest BCUT2D eigenvalue weighted by molar-refractivity contribution is -0.384. The van der Waals surface area contributed by atoms with Gasteiger partial charge < -0.3 is 20.0 Å². The Morgan fingerprint density at radius 2 is 1.27 bits per heavy atom. The van der Waals surface area contributed by atoms with Gasteiger partial charge in [-0.15, -0.1) is 0 Å². The fraction of sp³-hybridized carbons (Fsp3) is 0.296. The molecule has 40 heavy (non-hydrogen) atoms. The van der Waals surface area contributed by atoms with Crippen molar-refractivity contribution in [3.63, 3.8) is 0 Å². The predicted molar refractivity (Wildman–Crippen MR) is 140 cm³/mol. The smallest absolute Gasteiger partial charge is 0.293 e. The molecule has 0 radical (unpaired) electrons. The Hall–Kier alpha value is -4.42. The van der Waals surface area contributed by atoms with E-state index in [1.807, 2.05) is 9.80 Å². The molecule has 2 aliphatic heterocycles. The molecule has 0 bridgehead atoms. The Labute approximate surface area is 225 Å². The van der Waals surface area contributed by atoms with E-state index in [-0.39, 0.29) is 37.4 Å². The molecule has 1 N–H and O–H groups in total. The summed E-state index contributed by atoms with van der Waals surface area (Å²) < 4.78 is 69.0. The van der Waals surface area contributed by atoms with E-state index in [1.165, 1.54) is 6.07 Å². The van der Waals surface area contributed by atoms with Crippen LogP contribution in [0.4, 0.5) is 50.4 Å². The number of benzene rings is 3. The van der Waals surface area contributed by atoms with E-state index < -0.39 is 45.6 Å². The predicted octanol–water partition coefficient (Wildman–Crippen LogP) is 5.47. The number of halogens is 5. The van der Waals surface area contributed by atoms with Gasteiger partial charge in [-0.05, 0) is 49.2 Å². The number of hydrogen-bond donors (Lipinski definition) is 1. The number of nitrogens with zero attached hydrogens (tertiary/aromatic N) is 4. The molecule has 0 saturated carbocycles. The molecule has 2 aliphatic rings. The zero-order valence-electron chi connectivity index (χ0n) is 21.1. The lowest BCUT2D eigenvalue weighted by atomic mass is 10.1. The van der Waals surface area contributed by atoms with Gasteiger partial charge in [0.1, 0.15) is 11.4 Å². The summed E-state index contributed by atoms with van der Waals surface area (Å²) in [5.74, 6) is -10.4. The molecule has 2 fully saturated rings. The minimum absolute atomic E-state index is 0.0169. The van der Waals surface area contributed by atoms with Gasteiger partial charge in [0.15, 0.2) is 23.3 Å². The van der Waals surface area contributed by atoms with Crippen LogP contribution in [-0.2, 0) is 0 Å². The van der Waals surface area contributed by atoms with E-state index >= 15 is 0 Å². The second kappa shape index (κ2) is 11.0. The van der Waals surface area contributed by atoms with Crippen molar-refractivity contribution in [2.24, 2.45) is 0 Å². The van der Waals surface area contributed by atoms with Gasteiger partial charge in [0.2, 0.25) is 5.82 Å². The SMILES string of the molecule is O=C(Nc1ccc(N2CCN(c3c(F)c(F)c(F)c(F)c3F)CC2)cc1)c1ccc(N2CCCC2)c([N+](=O)[O-])c1. The normalized spacial score (nSPS) is 15.5. The molecule has 13 heteroatoms. The summed E-state index contributed by atoms with van der Waals surface area (Å²) in [6.45, 7) is 1.98. The molecule has 210 valence electrons. The summed E-state index contributed by atoms with van der Waals surface area (Å²) in [4.78, 5) is 28.9. The van der Waals surface area contributed by atoms with Crippen LogP contribution in [0.5, 0.6) is 0 Å². The number of carbonyl (C=O) groups is 1. The van der Waals surface area contributed by atoms with Crippen LogP contribution >= 0.6 is 0 Å². The number of hydrogen-bond acceptors (Lipinski definition) is 6. The molecule has 8 nitrogen and oxygen atoms in total. The van der Waals surface area contributed by atoms with Crippen LogP contribution in [0.1, 0.15) is 23.2 Å². The standard InChI is InChI=1S/C27H24F5N5O3/c28-21-22(29)24(31)26(25(32)23(21)30)36-13-11-34(12-14-36)18-6-4-17(5-7-18)33-27(38)16-3-8-19(20(15-16)37(39)40)35-9-1-2-10-35/h3-8,15H,1-2,9-14H2,(H,33,38). The van der Waals surface area contributed by atoms with Crippen molar-refractivity contribution in [2.45, 2.75) is 12.8 Å². The molecule has 2 saturated heterocycles. The van der Waals surface area contributed by atoms with E-state index in [2.05, 4.69) is 5.32 Å². The van der Waals surface area contributed by atoms with Crippen LogP contribution in [0.25, 0.3) is 0 Å². The molecule has 0 unspecified atom stereocenters. The maximum atomic E-state index is 14.2. The number of piperazine rings is 1. The lowest BCUT2D eigenvalue weighted by Gasteiger charge is -2.37. The van der Waals surface area contributed by atoms with Gasteiger partial charge in [-0.25, -0.2) is 22.0 Å². The van der Waals surface area contributed by atoms with Gasteiger partial charge in [-0.3, -0.25) is 14.9 Å². The van der Waals surface area contributed by atoms with Gasteiger partial charge in [0, 0.05) is 62.3 Å². The van der Waals surface area contributed by atoms with Gasteiger partial charge in [-0.1, -0.05) is 0 Å². The average Bonchev–Trinajstić information content (AvgIpc) is 3.51. The first kappa shape index (κ1) is 27.2. The molecule has 5 rings (SSSR count). The first-order valence-corrected chi connectivity index (χ1v) is 12.6. The third-order valence-corrected chi connectivity index (χ3v) is 7.15. The summed E-state index contributed by atoms with van der Waals surface area (Å²) in [5, 5.41) is 14.3. The molecular weight excluding hydrogens is 537 g/mol. The molecule has 0 aliphatic carbocycles. The largest absolute Gasteiger partial charge is 0.368 e. The Kier molecular flexibility index (Phi) is 7.46. The van der Waals surface area contributed by atoms with Crippen molar-refractivity contribution < 1.29 is 31.7 Å². The molecule has 0 aromatic heterocycles. The zero-order chi connectivity index (χ0) is 28.6. The van der Waals surface area contributed by atoms with Crippen molar-refractivity contribution >= 4 is 34.3 Å². The number of nitro benzene ring substituents is 1. The molecule has 3 aromatic carbocycles. The van der Waals surface area contributed by atoms with Crippen molar-refractivity contribution in [2.75, 3.05) is 59.3 Å². The summed E-state index contributed by atoms with van der Waals surface area (Å²) in [6.07, 6.45) is 1.91. The maximum absolute atomic E-state index is 14.2. The molecule has 0 atom stereocenters. The van der Waals surface area contributed by atoms with E-state index in [0.29, 0.717) is 11.4 Å². The highest BCUT2D eigenvalue weighted by Gasteiger charge is 2.31. The van der Waals surface area contributed by atoms with Crippen LogP contribution in [0.3, 0.4) is 0 Å². The Morgan fingerprint density at radius 3 is 1.85 bits per heavy atom. The quantitative estimate of drug-likeness (QED) is 0.141. The first-order valence-electron chi connectivity index (χ1n) is 12.6. The van der Waals surface area contributed by atoms with Gasteiger partial charge in [0.05, 0.1) is 4.92 Å². The third kappa shape index (κ3) is 5.10. The van der Waals surface area contributed by atoms with Crippen molar-refractivity contribution in [3.8, 4) is 0 Å². The molecule has 3 aromatic rings. The molecule has 2 heterocycles. The van der Waals surface area contributed by atoms with E-state index in [9.17, 15) is 36.9 Å². The monoisotopic (exact) mass is 561 g/mol. The molecule has 0 spiro atoms. The number of anilines is 4. The topological polar surface area (TPSA) is 82.0 Å². The minimum Gasteiger partial charge on any atom is -0.368 e. The minimum atomic E-state index is -2.19. The van der Waals surface area contributed by atoms with Gasteiger partial charge in [-0.2, -0.15) is 0 Å². The highest BCUT2D eigenvalue weighted by Crippen LogP contribution is 2.33. The Balaban J connectivity index is 1.23. The Bertz CT molecular complexity index is 1430. The van der Waals surface area contributed by atoms with Crippen LogP contribution in [-0.4, -0.2) is 50.1 Å². The van der Waals surface area contributed by atoms with Crippen molar-refractivity contribution in [1.29, 1.82) is 0 Å². The van der Waals surface area contributed by atoms with E-state index in [1.54, 1.807) is 36.4 Å². The van der Waals surface area contributed by atoms with Crippen LogP contribution < -0.4 is 20.0 Å². The van der Waals surface area contributed by atoms with Gasteiger partial charge >= 0.3 is 0 Å². The Morgan fingerprint density at radius 1 is 0.725 bits per heavy atom. The van der Waals surface area contributed by atoms with Crippen molar-refractivity contribution in [1.82, 2.24) is 0 Å². The number of amides is 1. The number of rotatable bonds is 6. The first-order chi connectivity index (χ1) is 19.2. The molecule has 1 amide bonds. The fourth-order valence-electron chi connectivity index (χ4n) is 5.05. The number of carbonyl (C=O) groups excluding carboxylic acids is 1. The summed E-state index contributed by atoms with van der Waals surface area (Å²) in [6, 6.07) is 11.1. The van der Waals surface area contributed by atoms with Crippen LogP contribution in [0.15, 0.2) is 42.5 Å².